The van der Waals surface area contributed by atoms with Crippen molar-refractivity contribution in [1.29, 1.82) is 0 Å². The summed E-state index contributed by atoms with van der Waals surface area (Å²) in [7, 11) is 0.607. The molecule has 0 aromatic heterocycles. The topological polar surface area (TPSA) is 77.9 Å². The second kappa shape index (κ2) is 7.04. The summed E-state index contributed by atoms with van der Waals surface area (Å²) >= 11 is 0. The van der Waals surface area contributed by atoms with Gasteiger partial charge in [0.1, 0.15) is 0 Å². The summed E-state index contributed by atoms with van der Waals surface area (Å²) in [6.07, 6.45) is -0.0405. The molecule has 6 nitrogen and oxygen atoms in total. The Labute approximate surface area is 136 Å². The Morgan fingerprint density at radius 3 is 2.48 bits per heavy atom. The quantitative estimate of drug-likeness (QED) is 0.771. The predicted octanol–water partition coefficient (Wildman–Crippen LogP) is 0.394. The van der Waals surface area contributed by atoms with Crippen molar-refractivity contribution in [3.05, 3.63) is 35.9 Å². The molecule has 1 aliphatic heterocycles. The Morgan fingerprint density at radius 2 is 1.91 bits per heavy atom. The third kappa shape index (κ3) is 4.48. The molecule has 1 saturated heterocycles. The van der Waals surface area contributed by atoms with E-state index in [2.05, 4.69) is 0 Å². The van der Waals surface area contributed by atoms with Crippen LogP contribution in [0.1, 0.15) is 25.8 Å². The third-order valence-electron chi connectivity index (χ3n) is 3.80. The van der Waals surface area contributed by atoms with Gasteiger partial charge in [0.2, 0.25) is 0 Å². The van der Waals surface area contributed by atoms with Gasteiger partial charge in [0.25, 0.3) is 0 Å². The van der Waals surface area contributed by atoms with Gasteiger partial charge in [0.05, 0.1) is 0 Å². The van der Waals surface area contributed by atoms with Crippen molar-refractivity contribution in [3.63, 3.8) is 0 Å². The Morgan fingerprint density at radius 1 is 1.26 bits per heavy atom. The number of carbonyl (C=O) groups excluding carboxylic acids is 2. The Hall–Kier alpha value is -2.02. The van der Waals surface area contributed by atoms with Crippen LogP contribution in [0.25, 0.3) is 0 Å². The van der Waals surface area contributed by atoms with E-state index in [0.29, 0.717) is 13.7 Å². The number of amides is 2. The molecule has 0 spiro atoms. The van der Waals surface area contributed by atoms with E-state index in [1.54, 1.807) is 13.8 Å². The van der Waals surface area contributed by atoms with E-state index in [0.717, 1.165) is 5.56 Å². The van der Waals surface area contributed by atoms with Crippen molar-refractivity contribution < 1.29 is 19.4 Å². The van der Waals surface area contributed by atoms with Crippen molar-refractivity contribution in [1.82, 2.24) is 9.80 Å². The monoisotopic (exact) mass is 316 g/mol. The summed E-state index contributed by atoms with van der Waals surface area (Å²) in [6.45, 7) is 3.45. The van der Waals surface area contributed by atoms with Crippen molar-refractivity contribution in [2.24, 2.45) is 0 Å². The number of hydrogen-bond acceptors (Lipinski definition) is 4. The van der Waals surface area contributed by atoms with Crippen LogP contribution in [0, 0.1) is 0 Å². The van der Waals surface area contributed by atoms with Gasteiger partial charge in [0, 0.05) is 0 Å². The van der Waals surface area contributed by atoms with Gasteiger partial charge in [-0.05, 0) is 0 Å². The summed E-state index contributed by atoms with van der Waals surface area (Å²) in [5, 5.41) is 10.0. The molecule has 0 radical (unpaired) electrons. The van der Waals surface area contributed by atoms with E-state index in [1.165, 1.54) is 9.80 Å². The van der Waals surface area contributed by atoms with E-state index in [9.17, 15) is 19.4 Å². The van der Waals surface area contributed by atoms with Crippen LogP contribution in [0.2, 0.25) is 0 Å². The van der Waals surface area contributed by atoms with Crippen LogP contribution < -0.4 is 0 Å². The van der Waals surface area contributed by atoms with Gasteiger partial charge in [-0.2, -0.15) is 0 Å². The van der Waals surface area contributed by atoms with E-state index in [-0.39, 0.29) is 31.2 Å². The predicted molar refractivity (Wildman–Crippen MR) is 84.7 cm³/mol. The number of hydrogen-bond donors (Lipinski definition) is 1. The maximum absolute atomic E-state index is 12.7. The fourth-order valence-corrected chi connectivity index (χ4v) is 2.77. The van der Waals surface area contributed by atoms with Gasteiger partial charge in [0.15, 0.2) is 0 Å². The zero-order valence-electron chi connectivity index (χ0n) is 13.4. The molecule has 1 N–H and O–H groups in total. The average Bonchev–Trinajstić information content (AvgIpc) is 2.48. The normalized spacial score (nSPS) is 19.0. The summed E-state index contributed by atoms with van der Waals surface area (Å²) in [6, 6.07) is 8.60. The van der Waals surface area contributed by atoms with Crippen molar-refractivity contribution in [2.75, 3.05) is 13.0 Å². The molecule has 1 atom stereocenters. The number of carbonyl (C=O) groups is 2. The van der Waals surface area contributed by atoms with Gasteiger partial charge in [-0.1, -0.05) is 0 Å². The van der Waals surface area contributed by atoms with E-state index >= 15 is 0 Å². The number of aliphatic hydroxyl groups is 1. The van der Waals surface area contributed by atoms with Crippen LogP contribution in [-0.2, 0) is 20.8 Å². The number of nitrogens with zero attached hydrogens (tertiary/aromatic N) is 2. The van der Waals surface area contributed by atoms with Crippen molar-refractivity contribution >= 4 is 19.0 Å². The molecule has 0 aliphatic carbocycles. The van der Waals surface area contributed by atoms with Crippen LogP contribution in [-0.4, -0.2) is 58.5 Å². The molecule has 2 rings (SSSR count). The van der Waals surface area contributed by atoms with Crippen LogP contribution in [0.4, 0.5) is 0 Å². The van der Waals surface area contributed by atoms with Gasteiger partial charge in [-0.3, -0.25) is 0 Å². The second-order valence-corrected chi connectivity index (χ2v) is 6.43. The molecule has 7 heteroatoms. The van der Waals surface area contributed by atoms with Gasteiger partial charge in [-0.25, -0.2) is 0 Å². The molecular formula is C16H21BN2O4. The molecule has 1 heterocycles. The zero-order valence-corrected chi connectivity index (χ0v) is 13.4. The Balaban J connectivity index is 2.22. The Kier molecular flexibility index (Phi) is 5.31. The standard InChI is InChI=1S/C16H21BN2O4/c1-16(2,22)8-13-15(21)18(9-12-6-4-3-5-7-12)10-14(20)19(13)11-17-23/h3-7,13,22H,8-11H2,1-2H3. The fraction of sp³-hybridized carbons (Fsp3) is 0.500. The minimum absolute atomic E-state index is 0.0517. The van der Waals surface area contributed by atoms with Gasteiger partial charge in [-0.15, -0.1) is 0 Å². The van der Waals surface area contributed by atoms with Crippen molar-refractivity contribution in [3.8, 4) is 0 Å². The first-order valence-electron chi connectivity index (χ1n) is 7.60. The molecule has 122 valence electrons. The SMILES string of the molecule is CC(C)(O)CC1C(=O)N(Cc2ccccc2)CC(=O)N1CB=O. The molecule has 0 bridgehead atoms. The maximum atomic E-state index is 12.7. The second-order valence-electron chi connectivity index (χ2n) is 6.43. The average molecular weight is 316 g/mol. The molecule has 2 amide bonds. The Bertz CT molecular complexity index is 585. The van der Waals surface area contributed by atoms with Crippen LogP contribution in [0.3, 0.4) is 0 Å². The summed E-state index contributed by atoms with van der Waals surface area (Å²) in [5.41, 5.74) is -0.184. The first kappa shape index (κ1) is 17.3. The van der Waals surface area contributed by atoms with Gasteiger partial charge >= 0.3 is 136 Å². The zero-order chi connectivity index (χ0) is 17.0. The van der Waals surface area contributed by atoms with Crippen LogP contribution >= 0.6 is 0 Å². The number of benzene rings is 1. The van der Waals surface area contributed by atoms with E-state index < -0.39 is 11.6 Å². The molecule has 1 aromatic rings. The summed E-state index contributed by atoms with van der Waals surface area (Å²) in [4.78, 5) is 27.8. The summed E-state index contributed by atoms with van der Waals surface area (Å²) < 4.78 is 10.8. The molecule has 1 unspecified atom stereocenters. The first-order valence-corrected chi connectivity index (χ1v) is 7.60. The molecule has 0 saturated carbocycles. The number of piperazine rings is 1. The minimum atomic E-state index is -1.11. The van der Waals surface area contributed by atoms with Gasteiger partial charge < -0.3 is 0 Å². The molecule has 23 heavy (non-hydrogen) atoms. The number of rotatable bonds is 6. The van der Waals surface area contributed by atoms with Crippen LogP contribution in [0.15, 0.2) is 30.3 Å². The first-order chi connectivity index (χ1) is 10.8. The molecule has 1 aromatic carbocycles. The fourth-order valence-electron chi connectivity index (χ4n) is 2.77. The van der Waals surface area contributed by atoms with Crippen molar-refractivity contribution in [2.45, 2.75) is 38.5 Å². The van der Waals surface area contributed by atoms with E-state index in [1.807, 2.05) is 30.3 Å². The molecular weight excluding hydrogens is 295 g/mol. The molecule has 1 fully saturated rings. The van der Waals surface area contributed by atoms with Crippen LogP contribution in [0.5, 0.6) is 0 Å². The third-order valence-corrected chi connectivity index (χ3v) is 3.80. The van der Waals surface area contributed by atoms with E-state index in [4.69, 9.17) is 0 Å². The molecule has 1 aliphatic rings. The summed E-state index contributed by atoms with van der Waals surface area (Å²) in [5.74, 6) is -0.515.